The van der Waals surface area contributed by atoms with Gasteiger partial charge in [-0.2, -0.15) is 18.2 Å². The second-order valence-electron chi connectivity index (χ2n) is 5.52. The number of rotatable bonds is 8. The number of hydrogen-bond donors (Lipinski definition) is 2. The Hall–Kier alpha value is -3.11. The fourth-order valence-electron chi connectivity index (χ4n) is 2.13. The van der Waals surface area contributed by atoms with Gasteiger partial charge in [0.15, 0.2) is 0 Å². The number of aliphatic carboxylic acids is 1. The summed E-state index contributed by atoms with van der Waals surface area (Å²) < 4.78 is 47.0. The highest BCUT2D eigenvalue weighted by Crippen LogP contribution is 2.22. The lowest BCUT2D eigenvalue weighted by atomic mass is 10.2. The quantitative estimate of drug-likeness (QED) is 0.714. The van der Waals surface area contributed by atoms with Gasteiger partial charge in [-0.05, 0) is 24.3 Å². The number of halogens is 3. The van der Waals surface area contributed by atoms with Crippen molar-refractivity contribution in [3.8, 4) is 17.1 Å². The third-order valence-corrected chi connectivity index (χ3v) is 3.45. The number of amides is 1. The van der Waals surface area contributed by atoms with E-state index in [1.165, 1.54) is 7.11 Å². The molecular formula is C16H16F3N3O5. The Morgan fingerprint density at radius 1 is 1.30 bits per heavy atom. The molecule has 8 nitrogen and oxygen atoms in total. The lowest BCUT2D eigenvalue weighted by molar-refractivity contribution is -0.160. The van der Waals surface area contributed by atoms with E-state index in [4.69, 9.17) is 14.4 Å². The van der Waals surface area contributed by atoms with Gasteiger partial charge in [-0.1, -0.05) is 5.16 Å². The van der Waals surface area contributed by atoms with E-state index >= 15 is 0 Å². The van der Waals surface area contributed by atoms with Crippen molar-refractivity contribution in [3.05, 3.63) is 30.2 Å². The van der Waals surface area contributed by atoms with Crippen molar-refractivity contribution in [1.82, 2.24) is 15.5 Å². The lowest BCUT2D eigenvalue weighted by Crippen LogP contribution is -2.43. The van der Waals surface area contributed by atoms with Crippen LogP contribution in [0, 0.1) is 0 Å². The Bertz CT molecular complexity index is 789. The minimum absolute atomic E-state index is 0.0483. The van der Waals surface area contributed by atoms with E-state index in [0.29, 0.717) is 11.3 Å². The second-order valence-corrected chi connectivity index (χ2v) is 5.52. The Morgan fingerprint density at radius 2 is 1.96 bits per heavy atom. The molecule has 0 aliphatic heterocycles. The zero-order valence-corrected chi connectivity index (χ0v) is 14.1. The highest BCUT2D eigenvalue weighted by molar-refractivity contribution is 5.83. The molecule has 0 spiro atoms. The van der Waals surface area contributed by atoms with Gasteiger partial charge >= 0.3 is 12.1 Å². The van der Waals surface area contributed by atoms with Crippen molar-refractivity contribution in [2.75, 3.05) is 7.11 Å². The van der Waals surface area contributed by atoms with Crippen LogP contribution in [0.1, 0.15) is 18.7 Å². The first-order chi connectivity index (χ1) is 12.7. The van der Waals surface area contributed by atoms with E-state index in [0.717, 1.165) is 0 Å². The van der Waals surface area contributed by atoms with Gasteiger partial charge in [0, 0.05) is 18.4 Å². The van der Waals surface area contributed by atoms with Crippen molar-refractivity contribution in [2.24, 2.45) is 0 Å². The van der Waals surface area contributed by atoms with Gasteiger partial charge in [0.1, 0.15) is 11.8 Å². The molecule has 0 saturated carbocycles. The highest BCUT2D eigenvalue weighted by atomic mass is 19.4. The summed E-state index contributed by atoms with van der Waals surface area (Å²) in [5, 5.41) is 14.4. The average molecular weight is 387 g/mol. The highest BCUT2D eigenvalue weighted by Gasteiger charge is 2.36. The summed E-state index contributed by atoms with van der Waals surface area (Å²) in [6, 6.07) is 4.76. The number of methoxy groups -OCH3 is 1. The Morgan fingerprint density at radius 3 is 2.52 bits per heavy atom. The topological polar surface area (TPSA) is 115 Å². The second kappa shape index (κ2) is 8.52. The first-order valence-electron chi connectivity index (χ1n) is 7.74. The van der Waals surface area contributed by atoms with Gasteiger partial charge in [-0.3, -0.25) is 4.79 Å². The van der Waals surface area contributed by atoms with Gasteiger partial charge in [-0.25, -0.2) is 4.79 Å². The lowest BCUT2D eigenvalue weighted by Gasteiger charge is -2.15. The fraction of sp³-hybridized carbons (Fsp3) is 0.375. The maximum atomic E-state index is 12.3. The predicted octanol–water partition coefficient (Wildman–Crippen LogP) is 2.20. The van der Waals surface area contributed by atoms with Crippen LogP contribution in [0.4, 0.5) is 13.2 Å². The summed E-state index contributed by atoms with van der Waals surface area (Å²) in [5.41, 5.74) is 0.645. The Balaban J connectivity index is 1.91. The number of carboxylic acids is 1. The first-order valence-corrected chi connectivity index (χ1v) is 7.74. The molecule has 2 rings (SSSR count). The van der Waals surface area contributed by atoms with Crippen molar-refractivity contribution in [3.63, 3.8) is 0 Å². The number of carbonyl (C=O) groups excluding carboxylic acids is 1. The molecule has 27 heavy (non-hydrogen) atoms. The first kappa shape index (κ1) is 20.2. The van der Waals surface area contributed by atoms with E-state index in [1.54, 1.807) is 24.3 Å². The summed E-state index contributed by atoms with van der Waals surface area (Å²) in [4.78, 5) is 26.6. The molecule has 0 saturated heterocycles. The minimum Gasteiger partial charge on any atom is -0.497 e. The van der Waals surface area contributed by atoms with E-state index in [9.17, 15) is 22.8 Å². The van der Waals surface area contributed by atoms with Crippen LogP contribution in [0.15, 0.2) is 28.8 Å². The molecule has 1 heterocycles. The van der Waals surface area contributed by atoms with Gasteiger partial charge < -0.3 is 19.7 Å². The molecule has 1 aromatic heterocycles. The molecule has 0 fully saturated rings. The van der Waals surface area contributed by atoms with Gasteiger partial charge in [-0.15, -0.1) is 0 Å². The van der Waals surface area contributed by atoms with Crippen LogP contribution >= 0.6 is 0 Å². The molecule has 146 valence electrons. The van der Waals surface area contributed by atoms with Crippen LogP contribution in [0.3, 0.4) is 0 Å². The molecule has 0 bridgehead atoms. The standard InChI is InChI=1S/C16H16F3N3O5/c1-26-10-4-2-9(3-5-10)14-21-13(27-22-14)7-6-12(23)20-11(15(24)25)8-16(17,18)19/h2-5,11H,6-8H2,1H3,(H,20,23)(H,24,25). The number of carbonyl (C=O) groups is 2. The van der Waals surface area contributed by atoms with Crippen LogP contribution in [0.2, 0.25) is 0 Å². The maximum absolute atomic E-state index is 12.3. The maximum Gasteiger partial charge on any atom is 0.391 e. The zero-order chi connectivity index (χ0) is 20.0. The third-order valence-electron chi connectivity index (χ3n) is 3.45. The SMILES string of the molecule is COc1ccc(-c2noc(CCC(=O)NC(CC(F)(F)F)C(=O)O)n2)cc1. The van der Waals surface area contributed by atoms with Crippen molar-refractivity contribution >= 4 is 11.9 Å². The average Bonchev–Trinajstić information content (AvgIpc) is 3.07. The van der Waals surface area contributed by atoms with Crippen molar-refractivity contribution in [2.45, 2.75) is 31.5 Å². The van der Waals surface area contributed by atoms with E-state index < -0.39 is 30.5 Å². The minimum atomic E-state index is -4.71. The number of benzene rings is 1. The summed E-state index contributed by atoms with van der Waals surface area (Å²) >= 11 is 0. The summed E-state index contributed by atoms with van der Waals surface area (Å²) in [6.07, 6.45) is -6.72. The van der Waals surface area contributed by atoms with Crippen LogP contribution in [0.5, 0.6) is 5.75 Å². The molecule has 1 aromatic carbocycles. The molecule has 11 heteroatoms. The molecule has 0 aliphatic rings. The fourth-order valence-corrected chi connectivity index (χ4v) is 2.13. The third kappa shape index (κ3) is 6.28. The molecule has 2 aromatic rings. The number of aryl methyl sites for hydroxylation is 1. The molecule has 1 amide bonds. The van der Waals surface area contributed by atoms with Crippen molar-refractivity contribution < 1.29 is 37.1 Å². The van der Waals surface area contributed by atoms with Crippen LogP contribution in [-0.4, -0.2) is 46.5 Å². The normalized spacial score (nSPS) is 12.4. The van der Waals surface area contributed by atoms with Gasteiger partial charge in [0.25, 0.3) is 0 Å². The smallest absolute Gasteiger partial charge is 0.391 e. The Kier molecular flexibility index (Phi) is 6.37. The number of carboxylic acid groups (broad SMARTS) is 1. The van der Waals surface area contributed by atoms with E-state index in [1.807, 2.05) is 5.32 Å². The number of nitrogens with zero attached hydrogens (tertiary/aromatic N) is 2. The summed E-state index contributed by atoms with van der Waals surface area (Å²) in [6.45, 7) is 0. The monoisotopic (exact) mass is 387 g/mol. The van der Waals surface area contributed by atoms with Gasteiger partial charge in [0.2, 0.25) is 17.6 Å². The molecule has 0 radical (unpaired) electrons. The summed E-state index contributed by atoms with van der Waals surface area (Å²) in [7, 11) is 1.52. The zero-order valence-electron chi connectivity index (χ0n) is 14.1. The number of aromatic nitrogens is 2. The molecule has 2 N–H and O–H groups in total. The largest absolute Gasteiger partial charge is 0.497 e. The van der Waals surface area contributed by atoms with Gasteiger partial charge in [0.05, 0.1) is 13.5 Å². The number of alkyl halides is 3. The predicted molar refractivity (Wildman–Crippen MR) is 84.8 cm³/mol. The number of nitrogens with one attached hydrogen (secondary N) is 1. The molecule has 1 atom stereocenters. The van der Waals surface area contributed by atoms with Crippen LogP contribution < -0.4 is 10.1 Å². The van der Waals surface area contributed by atoms with Crippen LogP contribution in [0.25, 0.3) is 11.4 Å². The summed E-state index contributed by atoms with van der Waals surface area (Å²) in [5.74, 6) is -1.62. The van der Waals surface area contributed by atoms with Crippen LogP contribution in [-0.2, 0) is 16.0 Å². The number of ether oxygens (including phenoxy) is 1. The molecule has 0 aliphatic carbocycles. The number of hydrogen-bond acceptors (Lipinski definition) is 6. The molecular weight excluding hydrogens is 371 g/mol. The molecule has 1 unspecified atom stereocenters. The Labute approximate surface area is 151 Å². The van der Waals surface area contributed by atoms with Crippen molar-refractivity contribution in [1.29, 1.82) is 0 Å². The van der Waals surface area contributed by atoms with E-state index in [2.05, 4.69) is 10.1 Å². The van der Waals surface area contributed by atoms with E-state index in [-0.39, 0.29) is 24.6 Å².